The van der Waals surface area contributed by atoms with E-state index < -0.39 is 28.5 Å². The average molecular weight is 386 g/mol. The van der Waals surface area contributed by atoms with Crippen LogP contribution in [0.2, 0.25) is 0 Å². The largest absolute Gasteiger partial charge is 0.495 e. The highest BCUT2D eigenvalue weighted by Crippen LogP contribution is 2.27. The molecule has 0 bridgehead atoms. The molecular formula is C17H26N2O6S. The molecule has 0 aliphatic carbocycles. The van der Waals surface area contributed by atoms with Gasteiger partial charge in [-0.3, -0.25) is 4.79 Å². The maximum Gasteiger partial charge on any atom is 0.338 e. The number of nitrogens with one attached hydrogen (secondary N) is 1. The first-order valence-corrected chi connectivity index (χ1v) is 9.68. The molecule has 0 radical (unpaired) electrons. The van der Waals surface area contributed by atoms with E-state index in [1.807, 2.05) is 13.8 Å². The molecule has 0 aromatic heterocycles. The first-order chi connectivity index (χ1) is 12.2. The van der Waals surface area contributed by atoms with Crippen molar-refractivity contribution in [1.29, 1.82) is 0 Å². The van der Waals surface area contributed by atoms with Gasteiger partial charge in [-0.05, 0) is 31.0 Å². The fourth-order valence-corrected chi connectivity index (χ4v) is 3.25. The summed E-state index contributed by atoms with van der Waals surface area (Å²) in [5.41, 5.74) is 0.0153. The van der Waals surface area contributed by atoms with Crippen molar-refractivity contribution in [2.45, 2.75) is 37.6 Å². The van der Waals surface area contributed by atoms with Crippen LogP contribution in [0, 0.1) is 0 Å². The summed E-state index contributed by atoms with van der Waals surface area (Å²) in [5.74, 6) is -1.08. The van der Waals surface area contributed by atoms with E-state index in [1.165, 1.54) is 39.4 Å². The van der Waals surface area contributed by atoms with Crippen molar-refractivity contribution >= 4 is 21.9 Å². The molecule has 26 heavy (non-hydrogen) atoms. The number of benzene rings is 1. The third-order valence-corrected chi connectivity index (χ3v) is 5.68. The minimum absolute atomic E-state index is 0.0153. The molecule has 1 aromatic carbocycles. The van der Waals surface area contributed by atoms with E-state index in [2.05, 4.69) is 5.32 Å². The zero-order chi connectivity index (χ0) is 19.9. The summed E-state index contributed by atoms with van der Waals surface area (Å²) in [5, 5.41) is 2.75. The predicted molar refractivity (Wildman–Crippen MR) is 96.7 cm³/mol. The maximum atomic E-state index is 12.4. The lowest BCUT2D eigenvalue weighted by molar-refractivity contribution is -0.125. The van der Waals surface area contributed by atoms with Crippen LogP contribution >= 0.6 is 0 Å². The lowest BCUT2D eigenvalue weighted by atomic mass is 10.2. The van der Waals surface area contributed by atoms with Crippen LogP contribution in [-0.4, -0.2) is 58.5 Å². The van der Waals surface area contributed by atoms with Crippen LogP contribution in [0.1, 0.15) is 37.0 Å². The summed E-state index contributed by atoms with van der Waals surface area (Å²) in [7, 11) is 0.283. The molecule has 1 amide bonds. The Balaban J connectivity index is 2.93. The van der Waals surface area contributed by atoms with Gasteiger partial charge in [-0.25, -0.2) is 17.5 Å². The number of esters is 1. The molecule has 0 spiro atoms. The zero-order valence-electron chi connectivity index (χ0n) is 15.7. The Hall–Kier alpha value is -2.13. The summed E-state index contributed by atoms with van der Waals surface area (Å²) in [6.07, 6.45) is 1.56. The summed E-state index contributed by atoms with van der Waals surface area (Å²) in [6.45, 7) is 3.46. The number of methoxy groups -OCH3 is 1. The number of carbonyl (C=O) groups is 2. The Labute approximate surface area is 154 Å². The normalized spacial score (nSPS) is 11.5. The highest BCUT2D eigenvalue weighted by molar-refractivity contribution is 7.89. The molecule has 1 aromatic rings. The molecular weight excluding hydrogens is 360 g/mol. The van der Waals surface area contributed by atoms with Crippen molar-refractivity contribution < 1.29 is 27.5 Å². The second-order valence-electron chi connectivity index (χ2n) is 5.81. The fourth-order valence-electron chi connectivity index (χ4n) is 2.18. The summed E-state index contributed by atoms with van der Waals surface area (Å²) >= 11 is 0. The molecule has 0 unspecified atom stereocenters. The number of nitrogens with zero attached hydrogens (tertiary/aromatic N) is 1. The topological polar surface area (TPSA) is 102 Å². The number of carbonyl (C=O) groups excluding carboxylic acids is 2. The van der Waals surface area contributed by atoms with Crippen molar-refractivity contribution in [3.63, 3.8) is 0 Å². The molecule has 0 fully saturated rings. The van der Waals surface area contributed by atoms with Gasteiger partial charge in [-0.1, -0.05) is 13.8 Å². The van der Waals surface area contributed by atoms with Crippen molar-refractivity contribution in [2.24, 2.45) is 0 Å². The monoisotopic (exact) mass is 386 g/mol. The van der Waals surface area contributed by atoms with Gasteiger partial charge in [0.15, 0.2) is 6.61 Å². The first kappa shape index (κ1) is 21.9. The standard InChI is InChI=1S/C17H26N2O6S/c1-6-13(7-2)18-16(20)11-25-17(21)12-8-9-14(24-5)15(10-12)26(22,23)19(3)4/h8-10,13H,6-7,11H2,1-5H3,(H,18,20). The molecule has 1 rings (SSSR count). The van der Waals surface area contributed by atoms with Gasteiger partial charge in [0.25, 0.3) is 5.91 Å². The van der Waals surface area contributed by atoms with Gasteiger partial charge in [-0.15, -0.1) is 0 Å². The van der Waals surface area contributed by atoms with Crippen LogP contribution in [-0.2, 0) is 19.6 Å². The Kier molecular flexibility index (Phi) is 8.04. The minimum atomic E-state index is -3.81. The third kappa shape index (κ3) is 5.43. The average Bonchev–Trinajstić information content (AvgIpc) is 2.63. The lowest BCUT2D eigenvalue weighted by Gasteiger charge is -2.16. The molecule has 0 atom stereocenters. The van der Waals surface area contributed by atoms with E-state index in [4.69, 9.17) is 9.47 Å². The SMILES string of the molecule is CCC(CC)NC(=O)COC(=O)c1ccc(OC)c(S(=O)(=O)N(C)C)c1. The third-order valence-electron chi connectivity index (χ3n) is 3.84. The molecule has 0 aliphatic rings. The number of amides is 1. The van der Waals surface area contributed by atoms with E-state index in [0.717, 1.165) is 17.1 Å². The first-order valence-electron chi connectivity index (χ1n) is 8.24. The summed E-state index contributed by atoms with van der Waals surface area (Å²) in [4.78, 5) is 23.8. The van der Waals surface area contributed by atoms with Crippen LogP contribution in [0.4, 0.5) is 0 Å². The zero-order valence-corrected chi connectivity index (χ0v) is 16.6. The molecule has 0 saturated carbocycles. The van der Waals surface area contributed by atoms with E-state index >= 15 is 0 Å². The fraction of sp³-hybridized carbons (Fsp3) is 0.529. The molecule has 0 heterocycles. The Morgan fingerprint density at radius 1 is 1.19 bits per heavy atom. The Morgan fingerprint density at radius 3 is 2.31 bits per heavy atom. The maximum absolute atomic E-state index is 12.4. The number of rotatable bonds is 9. The Morgan fingerprint density at radius 2 is 1.81 bits per heavy atom. The highest BCUT2D eigenvalue weighted by atomic mass is 32.2. The van der Waals surface area contributed by atoms with Crippen LogP contribution in [0.5, 0.6) is 5.75 Å². The summed E-state index contributed by atoms with van der Waals surface area (Å²) < 4.78 is 35.8. The van der Waals surface area contributed by atoms with Crippen LogP contribution in [0.15, 0.2) is 23.1 Å². The lowest BCUT2D eigenvalue weighted by Crippen LogP contribution is -2.36. The van der Waals surface area contributed by atoms with Gasteiger partial charge in [0.1, 0.15) is 10.6 Å². The van der Waals surface area contributed by atoms with Crippen LogP contribution < -0.4 is 10.1 Å². The molecule has 0 aliphatic heterocycles. The van der Waals surface area contributed by atoms with E-state index in [0.29, 0.717) is 0 Å². The van der Waals surface area contributed by atoms with Crippen molar-refractivity contribution in [3.8, 4) is 5.75 Å². The van der Waals surface area contributed by atoms with Gasteiger partial charge < -0.3 is 14.8 Å². The van der Waals surface area contributed by atoms with Gasteiger partial charge in [0, 0.05) is 20.1 Å². The molecule has 1 N–H and O–H groups in total. The van der Waals surface area contributed by atoms with E-state index in [9.17, 15) is 18.0 Å². The minimum Gasteiger partial charge on any atom is -0.495 e. The molecule has 146 valence electrons. The highest BCUT2D eigenvalue weighted by Gasteiger charge is 2.24. The van der Waals surface area contributed by atoms with Gasteiger partial charge in [0.2, 0.25) is 10.0 Å². The smallest absolute Gasteiger partial charge is 0.338 e. The Bertz CT molecular complexity index is 742. The van der Waals surface area contributed by atoms with Gasteiger partial charge >= 0.3 is 5.97 Å². The van der Waals surface area contributed by atoms with E-state index in [-0.39, 0.29) is 22.3 Å². The number of hydrogen-bond acceptors (Lipinski definition) is 6. The van der Waals surface area contributed by atoms with E-state index in [1.54, 1.807) is 0 Å². The van der Waals surface area contributed by atoms with Gasteiger partial charge in [0.05, 0.1) is 12.7 Å². The number of hydrogen-bond donors (Lipinski definition) is 1. The second-order valence-corrected chi connectivity index (χ2v) is 7.93. The van der Waals surface area contributed by atoms with Crippen molar-refractivity contribution in [3.05, 3.63) is 23.8 Å². The number of ether oxygens (including phenoxy) is 2. The number of sulfonamides is 1. The van der Waals surface area contributed by atoms with Crippen molar-refractivity contribution in [1.82, 2.24) is 9.62 Å². The summed E-state index contributed by atoms with van der Waals surface area (Å²) in [6, 6.07) is 3.96. The van der Waals surface area contributed by atoms with Crippen molar-refractivity contribution in [2.75, 3.05) is 27.8 Å². The van der Waals surface area contributed by atoms with Crippen LogP contribution in [0.25, 0.3) is 0 Å². The molecule has 0 saturated heterocycles. The molecule has 9 heteroatoms. The van der Waals surface area contributed by atoms with Gasteiger partial charge in [-0.2, -0.15) is 0 Å². The predicted octanol–water partition coefficient (Wildman–Crippen LogP) is 1.41. The quantitative estimate of drug-likeness (QED) is 0.644. The second kappa shape index (κ2) is 9.54. The van der Waals surface area contributed by atoms with Crippen LogP contribution in [0.3, 0.4) is 0 Å². The molecule has 8 nitrogen and oxygen atoms in total.